The van der Waals surface area contributed by atoms with E-state index >= 15 is 0 Å². The minimum Gasteiger partial charge on any atom is -0.374 e. The highest BCUT2D eigenvalue weighted by Crippen LogP contribution is 2.58. The number of carbonyl (C=O) groups excluding carboxylic acids is 1. The van der Waals surface area contributed by atoms with Crippen LogP contribution in [-0.2, 0) is 9.53 Å². The molecule has 2 saturated carbocycles. The number of nitrogens with zero attached hydrogens (tertiary/aromatic N) is 1. The first-order valence-electron chi connectivity index (χ1n) is 6.84. The fourth-order valence-electron chi connectivity index (χ4n) is 3.57. The number of hydrogen-bond acceptors (Lipinski definition) is 3. The highest BCUT2D eigenvalue weighted by molar-refractivity contribution is 5.82. The minimum atomic E-state index is 0.177. The van der Waals surface area contributed by atoms with Gasteiger partial charge in [0.1, 0.15) is 0 Å². The van der Waals surface area contributed by atoms with Gasteiger partial charge in [-0.1, -0.05) is 6.42 Å². The third-order valence-corrected chi connectivity index (χ3v) is 4.55. The van der Waals surface area contributed by atoms with Crippen LogP contribution >= 0.6 is 0 Å². The topological polar surface area (TPSA) is 41.6 Å². The van der Waals surface area contributed by atoms with E-state index in [9.17, 15) is 4.79 Å². The Balaban J connectivity index is 1.48. The molecule has 1 saturated heterocycles. The minimum absolute atomic E-state index is 0.177. The normalized spacial score (nSPS) is 39.8. The molecule has 4 heteroatoms. The van der Waals surface area contributed by atoms with Crippen molar-refractivity contribution in [1.82, 2.24) is 10.2 Å². The number of nitrogens with one attached hydrogen (secondary N) is 1. The van der Waals surface area contributed by atoms with Crippen LogP contribution in [0.2, 0.25) is 0 Å². The molecule has 4 nitrogen and oxygen atoms in total. The Morgan fingerprint density at radius 1 is 1.41 bits per heavy atom. The second-order valence-electron chi connectivity index (χ2n) is 5.70. The van der Waals surface area contributed by atoms with Gasteiger partial charge in [0.05, 0.1) is 12.7 Å². The van der Waals surface area contributed by atoms with E-state index in [2.05, 4.69) is 5.32 Å². The Morgan fingerprint density at radius 2 is 2.18 bits per heavy atom. The Morgan fingerprint density at radius 3 is 2.82 bits per heavy atom. The molecule has 3 rings (SSSR count). The second-order valence-corrected chi connectivity index (χ2v) is 5.70. The van der Waals surface area contributed by atoms with Gasteiger partial charge >= 0.3 is 0 Å². The highest BCUT2D eigenvalue weighted by Gasteiger charge is 2.57. The van der Waals surface area contributed by atoms with E-state index in [-0.39, 0.29) is 6.10 Å². The first kappa shape index (κ1) is 11.5. The van der Waals surface area contributed by atoms with Crippen LogP contribution in [0, 0.1) is 17.8 Å². The van der Waals surface area contributed by atoms with E-state index in [1.807, 2.05) is 11.9 Å². The van der Waals surface area contributed by atoms with E-state index in [1.165, 1.54) is 19.3 Å². The van der Waals surface area contributed by atoms with Gasteiger partial charge in [-0.25, -0.2) is 0 Å². The van der Waals surface area contributed by atoms with E-state index in [4.69, 9.17) is 4.74 Å². The molecule has 2 aliphatic carbocycles. The zero-order valence-electron chi connectivity index (χ0n) is 10.5. The maximum atomic E-state index is 12.2. The molecule has 1 heterocycles. The van der Waals surface area contributed by atoms with Gasteiger partial charge in [0.15, 0.2) is 0 Å². The summed E-state index contributed by atoms with van der Waals surface area (Å²) >= 11 is 0. The average Bonchev–Trinajstić information content (AvgIpc) is 2.82. The van der Waals surface area contributed by atoms with Crippen molar-refractivity contribution in [1.29, 1.82) is 0 Å². The molecule has 0 spiro atoms. The SMILES string of the molecule is CN(CC1CNCCO1)C(=O)C1C2CCCC21. The van der Waals surface area contributed by atoms with Crippen LogP contribution in [-0.4, -0.2) is 50.2 Å². The lowest BCUT2D eigenvalue weighted by Crippen LogP contribution is -2.46. The van der Waals surface area contributed by atoms with E-state index in [1.54, 1.807) is 0 Å². The van der Waals surface area contributed by atoms with Crippen LogP contribution in [0.25, 0.3) is 0 Å². The lowest BCUT2D eigenvalue weighted by Gasteiger charge is -2.28. The van der Waals surface area contributed by atoms with Crippen molar-refractivity contribution < 1.29 is 9.53 Å². The Kier molecular flexibility index (Phi) is 3.09. The molecule has 1 N–H and O–H groups in total. The van der Waals surface area contributed by atoms with Crippen molar-refractivity contribution in [2.24, 2.45) is 17.8 Å². The third kappa shape index (κ3) is 2.20. The number of likely N-dealkylation sites (N-methyl/N-ethyl adjacent to an activating group) is 1. The zero-order chi connectivity index (χ0) is 11.8. The summed E-state index contributed by atoms with van der Waals surface area (Å²) in [6, 6.07) is 0. The van der Waals surface area contributed by atoms with Crippen LogP contribution in [0.4, 0.5) is 0 Å². The van der Waals surface area contributed by atoms with Crippen LogP contribution in [0.15, 0.2) is 0 Å². The second kappa shape index (κ2) is 4.58. The lowest BCUT2D eigenvalue weighted by molar-refractivity contribution is -0.134. The number of hydrogen-bond donors (Lipinski definition) is 1. The average molecular weight is 238 g/mol. The fourth-order valence-corrected chi connectivity index (χ4v) is 3.57. The molecule has 0 radical (unpaired) electrons. The van der Waals surface area contributed by atoms with Crippen molar-refractivity contribution in [2.75, 3.05) is 33.3 Å². The molecular weight excluding hydrogens is 216 g/mol. The molecule has 3 fully saturated rings. The van der Waals surface area contributed by atoms with Gasteiger partial charge in [-0.2, -0.15) is 0 Å². The third-order valence-electron chi connectivity index (χ3n) is 4.55. The maximum Gasteiger partial charge on any atom is 0.226 e. The van der Waals surface area contributed by atoms with Crippen molar-refractivity contribution in [2.45, 2.75) is 25.4 Å². The predicted molar refractivity (Wildman–Crippen MR) is 64.6 cm³/mol. The van der Waals surface area contributed by atoms with Crippen LogP contribution in [0.1, 0.15) is 19.3 Å². The molecule has 3 aliphatic rings. The van der Waals surface area contributed by atoms with Gasteiger partial charge < -0.3 is 15.0 Å². The molecule has 0 bridgehead atoms. The summed E-state index contributed by atoms with van der Waals surface area (Å²) in [6.07, 6.45) is 4.06. The summed E-state index contributed by atoms with van der Waals surface area (Å²) in [5, 5.41) is 3.30. The number of fused-ring (bicyclic) bond motifs is 1. The molecular formula is C13H22N2O2. The number of morpholine rings is 1. The van der Waals surface area contributed by atoms with Gasteiger partial charge in [-0.3, -0.25) is 4.79 Å². The van der Waals surface area contributed by atoms with Gasteiger partial charge in [0.2, 0.25) is 5.91 Å². The molecule has 17 heavy (non-hydrogen) atoms. The lowest BCUT2D eigenvalue weighted by atomic mass is 10.1. The summed E-state index contributed by atoms with van der Waals surface area (Å²) in [6.45, 7) is 3.30. The fraction of sp³-hybridized carbons (Fsp3) is 0.923. The highest BCUT2D eigenvalue weighted by atomic mass is 16.5. The molecule has 1 aliphatic heterocycles. The summed E-state index contributed by atoms with van der Waals surface area (Å²) in [4.78, 5) is 14.1. The van der Waals surface area contributed by atoms with Gasteiger partial charge in [-0.15, -0.1) is 0 Å². The van der Waals surface area contributed by atoms with E-state index < -0.39 is 0 Å². The number of ether oxygens (including phenoxy) is 1. The Labute approximate surface area is 103 Å². The number of rotatable bonds is 3. The first-order valence-corrected chi connectivity index (χ1v) is 6.84. The monoisotopic (exact) mass is 238 g/mol. The quantitative estimate of drug-likeness (QED) is 0.777. The molecule has 96 valence electrons. The standard InChI is InChI=1S/C13H22N2O2/c1-15(8-9-7-14-5-6-17-9)13(16)12-10-3-2-4-11(10)12/h9-12,14H,2-8H2,1H3. The smallest absolute Gasteiger partial charge is 0.226 e. The van der Waals surface area contributed by atoms with Crippen LogP contribution in [0.5, 0.6) is 0 Å². The van der Waals surface area contributed by atoms with Gasteiger partial charge in [0.25, 0.3) is 0 Å². The van der Waals surface area contributed by atoms with Gasteiger partial charge in [-0.05, 0) is 24.7 Å². The largest absolute Gasteiger partial charge is 0.374 e. The molecule has 0 aromatic heterocycles. The van der Waals surface area contributed by atoms with Crippen molar-refractivity contribution in [3.63, 3.8) is 0 Å². The predicted octanol–water partition coefficient (Wildman–Crippen LogP) is 0.479. The molecule has 0 aromatic rings. The van der Waals surface area contributed by atoms with E-state index in [0.717, 1.165) is 38.1 Å². The van der Waals surface area contributed by atoms with Crippen molar-refractivity contribution >= 4 is 5.91 Å². The van der Waals surface area contributed by atoms with Gasteiger partial charge in [0, 0.05) is 32.6 Å². The first-order chi connectivity index (χ1) is 8.27. The van der Waals surface area contributed by atoms with Crippen LogP contribution in [0.3, 0.4) is 0 Å². The van der Waals surface area contributed by atoms with Crippen molar-refractivity contribution in [3.05, 3.63) is 0 Å². The number of carbonyl (C=O) groups is 1. The Bertz CT molecular complexity index is 292. The van der Waals surface area contributed by atoms with E-state index in [0.29, 0.717) is 11.8 Å². The molecule has 3 atom stereocenters. The number of amides is 1. The molecule has 1 amide bonds. The maximum absolute atomic E-state index is 12.2. The zero-order valence-corrected chi connectivity index (χ0v) is 10.5. The molecule has 3 unspecified atom stereocenters. The summed E-state index contributed by atoms with van der Waals surface area (Å²) in [7, 11) is 1.92. The summed E-state index contributed by atoms with van der Waals surface area (Å²) in [5.41, 5.74) is 0. The van der Waals surface area contributed by atoms with Crippen LogP contribution < -0.4 is 5.32 Å². The summed E-state index contributed by atoms with van der Waals surface area (Å²) in [5.74, 6) is 2.14. The summed E-state index contributed by atoms with van der Waals surface area (Å²) < 4.78 is 5.64. The van der Waals surface area contributed by atoms with Crippen molar-refractivity contribution in [3.8, 4) is 0 Å². The molecule has 0 aromatic carbocycles. The Hall–Kier alpha value is -0.610.